The molecule has 0 aromatic rings. The first-order valence-corrected chi connectivity index (χ1v) is 8.44. The summed E-state index contributed by atoms with van der Waals surface area (Å²) in [5, 5.41) is 6.68. The highest BCUT2D eigenvalue weighted by Gasteiger charge is 2.41. The zero-order chi connectivity index (χ0) is 15.4. The Bertz CT molecular complexity index is 297. The van der Waals surface area contributed by atoms with Crippen LogP contribution < -0.4 is 10.6 Å². The highest BCUT2D eigenvalue weighted by molar-refractivity contribution is 14.0. The topological polar surface area (TPSA) is 54.9 Å². The second-order valence-corrected chi connectivity index (χ2v) is 5.62. The van der Waals surface area contributed by atoms with Gasteiger partial charge in [-0.2, -0.15) is 0 Å². The number of hydrogen-bond donors (Lipinski definition) is 2. The van der Waals surface area contributed by atoms with Crippen LogP contribution >= 0.6 is 24.0 Å². The smallest absolute Gasteiger partial charge is 0.191 e. The second-order valence-electron chi connectivity index (χ2n) is 5.62. The van der Waals surface area contributed by atoms with Crippen LogP contribution in [0.15, 0.2) is 4.99 Å². The summed E-state index contributed by atoms with van der Waals surface area (Å²) in [6, 6.07) is 0. The SMILES string of the molecule is CCNC(=NCC1(CCOCC)CC1)NCCCOCC.I. The molecule has 0 saturated heterocycles. The molecule has 0 aromatic carbocycles. The fourth-order valence-electron chi connectivity index (χ4n) is 2.21. The Morgan fingerprint density at radius 3 is 2.32 bits per heavy atom. The molecule has 1 rings (SSSR count). The monoisotopic (exact) mass is 427 g/mol. The first-order chi connectivity index (χ1) is 10.3. The van der Waals surface area contributed by atoms with Gasteiger partial charge < -0.3 is 20.1 Å². The molecule has 0 aromatic heterocycles. The summed E-state index contributed by atoms with van der Waals surface area (Å²) in [5.41, 5.74) is 0.406. The minimum Gasteiger partial charge on any atom is -0.382 e. The van der Waals surface area contributed by atoms with Crippen LogP contribution in [0.25, 0.3) is 0 Å². The molecule has 0 spiro atoms. The fourth-order valence-corrected chi connectivity index (χ4v) is 2.21. The van der Waals surface area contributed by atoms with Gasteiger partial charge in [0.05, 0.1) is 0 Å². The summed E-state index contributed by atoms with van der Waals surface area (Å²) in [6.07, 6.45) is 4.71. The van der Waals surface area contributed by atoms with Crippen molar-refractivity contribution in [2.75, 3.05) is 46.1 Å². The van der Waals surface area contributed by atoms with Gasteiger partial charge in [-0.25, -0.2) is 0 Å². The molecule has 2 N–H and O–H groups in total. The largest absolute Gasteiger partial charge is 0.382 e. The van der Waals surface area contributed by atoms with Crippen molar-refractivity contribution in [2.24, 2.45) is 10.4 Å². The summed E-state index contributed by atoms with van der Waals surface area (Å²) in [6.45, 7) is 12.1. The normalized spacial score (nSPS) is 16.0. The molecule has 0 bridgehead atoms. The van der Waals surface area contributed by atoms with Crippen LogP contribution in [0.5, 0.6) is 0 Å². The number of rotatable bonds is 12. The number of ether oxygens (including phenoxy) is 2. The quantitative estimate of drug-likeness (QED) is 0.218. The molecule has 0 amide bonds. The molecule has 0 radical (unpaired) electrons. The number of halogens is 1. The van der Waals surface area contributed by atoms with Crippen LogP contribution in [0.2, 0.25) is 0 Å². The first-order valence-electron chi connectivity index (χ1n) is 8.44. The molecule has 0 atom stereocenters. The predicted molar refractivity (Wildman–Crippen MR) is 103 cm³/mol. The molecule has 22 heavy (non-hydrogen) atoms. The lowest BCUT2D eigenvalue weighted by atomic mass is 10.0. The van der Waals surface area contributed by atoms with Crippen molar-refractivity contribution in [3.05, 3.63) is 0 Å². The summed E-state index contributed by atoms with van der Waals surface area (Å²) in [4.78, 5) is 4.74. The van der Waals surface area contributed by atoms with Crippen molar-refractivity contribution in [2.45, 2.75) is 46.5 Å². The molecule has 0 aliphatic heterocycles. The zero-order valence-electron chi connectivity index (χ0n) is 14.5. The van der Waals surface area contributed by atoms with Crippen LogP contribution in [0.4, 0.5) is 0 Å². The Morgan fingerprint density at radius 2 is 1.73 bits per heavy atom. The van der Waals surface area contributed by atoms with Gasteiger partial charge in [0.25, 0.3) is 0 Å². The summed E-state index contributed by atoms with van der Waals surface area (Å²) in [5.74, 6) is 0.927. The second kappa shape index (κ2) is 13.4. The minimum atomic E-state index is 0. The molecular formula is C16H34IN3O2. The van der Waals surface area contributed by atoms with Gasteiger partial charge in [-0.15, -0.1) is 24.0 Å². The minimum absolute atomic E-state index is 0. The lowest BCUT2D eigenvalue weighted by molar-refractivity contribution is 0.129. The van der Waals surface area contributed by atoms with Crippen molar-refractivity contribution in [1.82, 2.24) is 10.6 Å². The van der Waals surface area contributed by atoms with E-state index < -0.39 is 0 Å². The average Bonchev–Trinajstić information content (AvgIpc) is 3.25. The zero-order valence-corrected chi connectivity index (χ0v) is 16.8. The van der Waals surface area contributed by atoms with Crippen molar-refractivity contribution in [3.8, 4) is 0 Å². The maximum Gasteiger partial charge on any atom is 0.191 e. The summed E-state index contributed by atoms with van der Waals surface area (Å²) in [7, 11) is 0. The van der Waals surface area contributed by atoms with Gasteiger partial charge in [0.15, 0.2) is 5.96 Å². The third kappa shape index (κ3) is 9.84. The average molecular weight is 427 g/mol. The first kappa shape index (κ1) is 21.9. The molecule has 1 fully saturated rings. The highest BCUT2D eigenvalue weighted by atomic mass is 127. The van der Waals surface area contributed by atoms with E-state index in [4.69, 9.17) is 14.5 Å². The van der Waals surface area contributed by atoms with Crippen molar-refractivity contribution < 1.29 is 9.47 Å². The van der Waals surface area contributed by atoms with Gasteiger partial charge in [-0.3, -0.25) is 4.99 Å². The van der Waals surface area contributed by atoms with Crippen LogP contribution in [-0.4, -0.2) is 52.0 Å². The van der Waals surface area contributed by atoms with Crippen molar-refractivity contribution in [3.63, 3.8) is 0 Å². The van der Waals surface area contributed by atoms with Gasteiger partial charge in [0.2, 0.25) is 0 Å². The van der Waals surface area contributed by atoms with Crippen LogP contribution in [0, 0.1) is 5.41 Å². The Kier molecular flexibility index (Phi) is 13.3. The number of guanidine groups is 1. The highest BCUT2D eigenvalue weighted by Crippen LogP contribution is 2.48. The molecular weight excluding hydrogens is 393 g/mol. The maximum atomic E-state index is 5.47. The predicted octanol–water partition coefficient (Wildman–Crippen LogP) is 2.79. The van der Waals surface area contributed by atoms with E-state index in [1.165, 1.54) is 12.8 Å². The lowest BCUT2D eigenvalue weighted by Crippen LogP contribution is -2.38. The lowest BCUT2D eigenvalue weighted by Gasteiger charge is -2.15. The Hall–Kier alpha value is -0.0800. The number of hydrogen-bond acceptors (Lipinski definition) is 3. The molecule has 0 unspecified atom stereocenters. The Morgan fingerprint density at radius 1 is 1.05 bits per heavy atom. The summed E-state index contributed by atoms with van der Waals surface area (Å²) >= 11 is 0. The van der Waals surface area contributed by atoms with E-state index in [0.29, 0.717) is 5.41 Å². The summed E-state index contributed by atoms with van der Waals surface area (Å²) < 4.78 is 10.8. The van der Waals surface area contributed by atoms with Crippen molar-refractivity contribution in [1.29, 1.82) is 0 Å². The molecule has 1 aliphatic carbocycles. The molecule has 6 heteroatoms. The van der Waals surface area contributed by atoms with E-state index in [2.05, 4.69) is 17.6 Å². The van der Waals surface area contributed by atoms with Crippen molar-refractivity contribution >= 4 is 29.9 Å². The number of nitrogens with zero attached hydrogens (tertiary/aromatic N) is 1. The van der Waals surface area contributed by atoms with E-state index >= 15 is 0 Å². The van der Waals surface area contributed by atoms with Gasteiger partial charge in [-0.1, -0.05) is 0 Å². The van der Waals surface area contributed by atoms with Gasteiger partial charge in [0.1, 0.15) is 0 Å². The van der Waals surface area contributed by atoms with Gasteiger partial charge in [-0.05, 0) is 51.9 Å². The molecule has 1 saturated carbocycles. The van der Waals surface area contributed by atoms with Crippen LogP contribution in [-0.2, 0) is 9.47 Å². The van der Waals surface area contributed by atoms with E-state index in [0.717, 1.165) is 64.9 Å². The van der Waals surface area contributed by atoms with E-state index in [1.54, 1.807) is 0 Å². The molecule has 5 nitrogen and oxygen atoms in total. The Balaban J connectivity index is 0.00000441. The number of aliphatic imine (C=N–C) groups is 1. The number of nitrogens with one attached hydrogen (secondary N) is 2. The fraction of sp³-hybridized carbons (Fsp3) is 0.938. The maximum absolute atomic E-state index is 5.47. The van der Waals surface area contributed by atoms with E-state index in [9.17, 15) is 0 Å². The van der Waals surface area contributed by atoms with E-state index in [1.807, 2.05) is 13.8 Å². The molecule has 0 heterocycles. The standard InChI is InChI=1S/C16H33N3O2.HI/c1-4-17-15(18-11-7-12-20-5-2)19-14-16(8-9-16)10-13-21-6-3;/h4-14H2,1-3H3,(H2,17,18,19);1H. The van der Waals surface area contributed by atoms with Crippen LogP contribution in [0.3, 0.4) is 0 Å². The molecule has 132 valence electrons. The van der Waals surface area contributed by atoms with Gasteiger partial charge >= 0.3 is 0 Å². The van der Waals surface area contributed by atoms with Gasteiger partial charge in [0, 0.05) is 46.1 Å². The Labute approximate surface area is 153 Å². The third-order valence-electron chi connectivity index (χ3n) is 3.82. The third-order valence-corrected chi connectivity index (χ3v) is 3.82. The van der Waals surface area contributed by atoms with E-state index in [-0.39, 0.29) is 24.0 Å². The van der Waals surface area contributed by atoms with Crippen LogP contribution in [0.1, 0.15) is 46.5 Å². The molecule has 1 aliphatic rings.